The molecule has 0 N–H and O–H groups in total. The van der Waals surface area contributed by atoms with Crippen LogP contribution >= 0.6 is 0 Å². The molecule has 0 aromatic carbocycles. The Morgan fingerprint density at radius 1 is 0.469 bits per heavy atom. The van der Waals surface area contributed by atoms with Crippen LogP contribution in [0.25, 0.3) is 0 Å². The zero-order chi connectivity index (χ0) is 24.1. The molecule has 0 aliphatic carbocycles. The molecule has 0 spiro atoms. The van der Waals surface area contributed by atoms with E-state index < -0.39 is 16.6 Å². The highest BCUT2D eigenvalue weighted by molar-refractivity contribution is 6.70. The summed E-state index contributed by atoms with van der Waals surface area (Å²) in [6.45, 7) is 16.8. The molecular formula is C28H62O2Si2. The van der Waals surface area contributed by atoms with Gasteiger partial charge in [-0.2, -0.15) is 0 Å². The Balaban J connectivity index is 3.48. The molecule has 1 atom stereocenters. The van der Waals surface area contributed by atoms with Crippen molar-refractivity contribution in [1.29, 1.82) is 0 Å². The van der Waals surface area contributed by atoms with E-state index in [2.05, 4.69) is 46.2 Å². The maximum Gasteiger partial charge on any atom is 0.184 e. The Morgan fingerprint density at radius 2 is 0.812 bits per heavy atom. The first-order chi connectivity index (χ1) is 15.1. The van der Waals surface area contributed by atoms with E-state index in [4.69, 9.17) is 8.85 Å². The Morgan fingerprint density at radius 3 is 1.12 bits per heavy atom. The third-order valence-electron chi connectivity index (χ3n) is 6.10. The second-order valence-corrected chi connectivity index (χ2v) is 21.0. The summed E-state index contributed by atoms with van der Waals surface area (Å²) in [5.41, 5.74) is 0. The van der Waals surface area contributed by atoms with Gasteiger partial charge in [-0.1, -0.05) is 122 Å². The van der Waals surface area contributed by atoms with Crippen molar-refractivity contribution < 1.29 is 8.85 Å². The van der Waals surface area contributed by atoms with E-state index in [9.17, 15) is 0 Å². The highest BCUT2D eigenvalue weighted by Crippen LogP contribution is 2.18. The maximum absolute atomic E-state index is 6.40. The van der Waals surface area contributed by atoms with Gasteiger partial charge >= 0.3 is 0 Å². The molecule has 0 saturated carbocycles. The van der Waals surface area contributed by atoms with E-state index in [1.165, 1.54) is 122 Å². The minimum absolute atomic E-state index is 0.314. The minimum Gasteiger partial charge on any atom is -0.415 e. The number of hydrogen-bond donors (Lipinski definition) is 0. The molecule has 0 radical (unpaired) electrons. The van der Waals surface area contributed by atoms with Crippen molar-refractivity contribution in [1.82, 2.24) is 0 Å². The first kappa shape index (κ1) is 32.4. The molecule has 0 amide bonds. The molecule has 2 nitrogen and oxygen atoms in total. The standard InChI is InChI=1S/C28H62O2Si2/c1-8-9-10-11-12-13-14-15-16-17-18-19-20-21-22-23-24-25-26-28(30-32(5,6)7)27-29-31(2,3)4/h28H,8-27H2,1-7H3. The molecule has 0 rings (SSSR count). The summed E-state index contributed by atoms with van der Waals surface area (Å²) < 4.78 is 12.6. The van der Waals surface area contributed by atoms with Crippen LogP contribution in [-0.2, 0) is 8.85 Å². The summed E-state index contributed by atoms with van der Waals surface area (Å²) in [6, 6.07) is 0. The lowest BCUT2D eigenvalue weighted by Crippen LogP contribution is -2.38. The fourth-order valence-corrected chi connectivity index (χ4v) is 6.16. The van der Waals surface area contributed by atoms with Crippen molar-refractivity contribution in [3.05, 3.63) is 0 Å². The number of hydrogen-bond acceptors (Lipinski definition) is 2. The summed E-state index contributed by atoms with van der Waals surface area (Å²) in [5.74, 6) is 0. The van der Waals surface area contributed by atoms with Crippen LogP contribution in [0.15, 0.2) is 0 Å². The van der Waals surface area contributed by atoms with Gasteiger partial charge in [-0.05, 0) is 45.7 Å². The van der Waals surface area contributed by atoms with Gasteiger partial charge in [0.1, 0.15) is 0 Å². The summed E-state index contributed by atoms with van der Waals surface area (Å²) in [5, 5.41) is 0. The van der Waals surface area contributed by atoms with Crippen molar-refractivity contribution in [2.45, 2.75) is 174 Å². The molecule has 0 bridgehead atoms. The Labute approximate surface area is 206 Å². The van der Waals surface area contributed by atoms with Gasteiger partial charge in [0.2, 0.25) is 0 Å². The van der Waals surface area contributed by atoms with Gasteiger partial charge in [0.05, 0.1) is 12.7 Å². The smallest absolute Gasteiger partial charge is 0.184 e. The SMILES string of the molecule is CCCCCCCCCCCCCCCCCCCCC(CO[Si](C)(C)C)O[Si](C)(C)C. The third-order valence-corrected chi connectivity index (χ3v) is 8.18. The van der Waals surface area contributed by atoms with Crippen LogP contribution in [-0.4, -0.2) is 29.3 Å². The van der Waals surface area contributed by atoms with E-state index in [1.807, 2.05) is 0 Å². The Kier molecular flexibility index (Phi) is 20.9. The largest absolute Gasteiger partial charge is 0.415 e. The zero-order valence-electron chi connectivity index (χ0n) is 23.5. The van der Waals surface area contributed by atoms with Gasteiger partial charge in [0.15, 0.2) is 16.6 Å². The number of unbranched alkanes of at least 4 members (excludes halogenated alkanes) is 17. The zero-order valence-corrected chi connectivity index (χ0v) is 25.5. The molecule has 0 aliphatic heterocycles. The summed E-state index contributed by atoms with van der Waals surface area (Å²) in [4.78, 5) is 0. The Bertz CT molecular complexity index is 388. The highest BCUT2D eigenvalue weighted by atomic mass is 28.4. The van der Waals surface area contributed by atoms with Crippen LogP contribution in [0.1, 0.15) is 129 Å². The van der Waals surface area contributed by atoms with E-state index in [0.717, 1.165) is 6.61 Å². The van der Waals surface area contributed by atoms with Gasteiger partial charge in [0.25, 0.3) is 0 Å². The Hall–Kier alpha value is 0.354. The minimum atomic E-state index is -1.49. The predicted octanol–water partition coefficient (Wildman–Crippen LogP) is 10.5. The van der Waals surface area contributed by atoms with Crippen molar-refractivity contribution >= 4 is 16.6 Å². The third kappa shape index (κ3) is 26.6. The van der Waals surface area contributed by atoms with E-state index in [1.54, 1.807) is 0 Å². The quantitative estimate of drug-likeness (QED) is 0.0997. The lowest BCUT2D eigenvalue weighted by molar-refractivity contribution is 0.109. The van der Waals surface area contributed by atoms with Crippen LogP contribution in [0.5, 0.6) is 0 Å². The highest BCUT2D eigenvalue weighted by Gasteiger charge is 2.23. The van der Waals surface area contributed by atoms with Crippen molar-refractivity contribution in [2.75, 3.05) is 6.61 Å². The van der Waals surface area contributed by atoms with Gasteiger partial charge in [-0.25, -0.2) is 0 Å². The van der Waals surface area contributed by atoms with E-state index in [0.29, 0.717) is 6.10 Å². The molecular weight excluding hydrogens is 424 g/mol. The summed E-state index contributed by atoms with van der Waals surface area (Å²) in [7, 11) is -2.95. The van der Waals surface area contributed by atoms with Crippen LogP contribution < -0.4 is 0 Å². The van der Waals surface area contributed by atoms with Crippen LogP contribution in [0.2, 0.25) is 39.3 Å². The van der Waals surface area contributed by atoms with Crippen molar-refractivity contribution in [2.24, 2.45) is 0 Å². The molecule has 4 heteroatoms. The molecule has 32 heavy (non-hydrogen) atoms. The molecule has 0 aromatic heterocycles. The van der Waals surface area contributed by atoms with Gasteiger partial charge in [-0.15, -0.1) is 0 Å². The fourth-order valence-electron chi connectivity index (χ4n) is 4.29. The molecule has 0 aliphatic rings. The summed E-state index contributed by atoms with van der Waals surface area (Å²) in [6.07, 6.45) is 27.3. The average molecular weight is 487 g/mol. The van der Waals surface area contributed by atoms with Crippen LogP contribution in [0.3, 0.4) is 0 Å². The molecule has 0 fully saturated rings. The van der Waals surface area contributed by atoms with Crippen LogP contribution in [0, 0.1) is 0 Å². The molecule has 194 valence electrons. The fraction of sp³-hybridized carbons (Fsp3) is 1.00. The van der Waals surface area contributed by atoms with Gasteiger partial charge in [-0.3, -0.25) is 0 Å². The molecule has 0 aromatic rings. The first-order valence-corrected chi connectivity index (χ1v) is 21.3. The first-order valence-electron chi connectivity index (χ1n) is 14.5. The van der Waals surface area contributed by atoms with Gasteiger partial charge < -0.3 is 8.85 Å². The van der Waals surface area contributed by atoms with Crippen molar-refractivity contribution in [3.63, 3.8) is 0 Å². The molecule has 1 unspecified atom stereocenters. The van der Waals surface area contributed by atoms with E-state index >= 15 is 0 Å². The van der Waals surface area contributed by atoms with Crippen molar-refractivity contribution in [3.8, 4) is 0 Å². The predicted molar refractivity (Wildman–Crippen MR) is 151 cm³/mol. The summed E-state index contributed by atoms with van der Waals surface area (Å²) >= 11 is 0. The second kappa shape index (κ2) is 20.7. The lowest BCUT2D eigenvalue weighted by Gasteiger charge is -2.29. The van der Waals surface area contributed by atoms with Gasteiger partial charge in [0, 0.05) is 0 Å². The molecule has 0 heterocycles. The number of rotatable bonds is 24. The second-order valence-electron chi connectivity index (χ2n) is 12.1. The maximum atomic E-state index is 6.40. The molecule has 0 saturated heterocycles. The lowest BCUT2D eigenvalue weighted by atomic mass is 10.0. The monoisotopic (exact) mass is 486 g/mol. The topological polar surface area (TPSA) is 18.5 Å². The average Bonchev–Trinajstić information content (AvgIpc) is 2.69. The van der Waals surface area contributed by atoms with Crippen LogP contribution in [0.4, 0.5) is 0 Å². The normalized spacial score (nSPS) is 13.6. The van der Waals surface area contributed by atoms with E-state index in [-0.39, 0.29) is 0 Å².